The molecule has 178 valence electrons. The molecule has 7 heteroatoms. The first kappa shape index (κ1) is 23.5. The second kappa shape index (κ2) is 10.5. The number of piperidine rings is 1. The smallest absolute Gasteiger partial charge is 0.410 e. The Labute approximate surface area is 201 Å². The van der Waals surface area contributed by atoms with Crippen LogP contribution < -0.4 is 10.1 Å². The second-order valence-electron chi connectivity index (χ2n) is 9.44. The van der Waals surface area contributed by atoms with E-state index in [0.29, 0.717) is 19.7 Å². The summed E-state index contributed by atoms with van der Waals surface area (Å²) in [5, 5.41) is 3.51. The Kier molecular flexibility index (Phi) is 7.30. The van der Waals surface area contributed by atoms with Crippen molar-refractivity contribution < 1.29 is 14.3 Å². The monoisotopic (exact) mass is 460 g/mol. The van der Waals surface area contributed by atoms with E-state index in [1.54, 1.807) is 11.2 Å². The number of aromatic nitrogens is 2. The Morgan fingerprint density at radius 3 is 2.47 bits per heavy atom. The third-order valence-electron chi connectivity index (χ3n) is 5.57. The highest BCUT2D eigenvalue weighted by atomic mass is 16.6. The molecule has 2 aromatic carbocycles. The number of carbonyl (C=O) groups is 1. The van der Waals surface area contributed by atoms with Gasteiger partial charge < -0.3 is 19.7 Å². The number of anilines is 1. The summed E-state index contributed by atoms with van der Waals surface area (Å²) in [6.45, 7) is 7.45. The highest BCUT2D eigenvalue weighted by Crippen LogP contribution is 2.30. The fourth-order valence-electron chi connectivity index (χ4n) is 3.86. The van der Waals surface area contributed by atoms with Crippen molar-refractivity contribution in [3.05, 3.63) is 72.6 Å². The summed E-state index contributed by atoms with van der Waals surface area (Å²) in [6, 6.07) is 20.2. The van der Waals surface area contributed by atoms with Crippen LogP contribution in [0.5, 0.6) is 5.75 Å². The van der Waals surface area contributed by atoms with Gasteiger partial charge in [-0.3, -0.25) is 0 Å². The zero-order valence-electron chi connectivity index (χ0n) is 20.0. The predicted octanol–water partition coefficient (Wildman–Crippen LogP) is 5.53. The first-order chi connectivity index (χ1) is 16.4. The van der Waals surface area contributed by atoms with Gasteiger partial charge in [0.15, 0.2) is 0 Å². The maximum absolute atomic E-state index is 12.3. The second-order valence-corrected chi connectivity index (χ2v) is 9.44. The lowest BCUT2D eigenvalue weighted by Crippen LogP contribution is -2.44. The quantitative estimate of drug-likeness (QED) is 0.521. The van der Waals surface area contributed by atoms with Gasteiger partial charge in [0.1, 0.15) is 30.1 Å². The van der Waals surface area contributed by atoms with Crippen LogP contribution in [0.4, 0.5) is 10.6 Å². The van der Waals surface area contributed by atoms with Crippen molar-refractivity contribution in [2.24, 2.45) is 0 Å². The van der Waals surface area contributed by atoms with Gasteiger partial charge in [0.25, 0.3) is 0 Å². The van der Waals surface area contributed by atoms with Crippen LogP contribution in [0.1, 0.15) is 39.2 Å². The molecule has 1 aromatic heterocycles. The molecule has 2 heterocycles. The van der Waals surface area contributed by atoms with Gasteiger partial charge in [-0.1, -0.05) is 42.5 Å². The van der Waals surface area contributed by atoms with Crippen LogP contribution in [0.25, 0.3) is 11.3 Å². The summed E-state index contributed by atoms with van der Waals surface area (Å²) in [5.41, 5.74) is 2.35. The molecular formula is C27H32N4O3. The van der Waals surface area contributed by atoms with Crippen LogP contribution in [0.3, 0.4) is 0 Å². The SMILES string of the molecule is CC(C)(C)OC(=O)N1CCC(Nc2cc(-c3ccccc3OCc3ccccc3)ncn2)CC1. The van der Waals surface area contributed by atoms with E-state index in [4.69, 9.17) is 9.47 Å². The summed E-state index contributed by atoms with van der Waals surface area (Å²) < 4.78 is 11.6. The van der Waals surface area contributed by atoms with Gasteiger partial charge in [0.05, 0.1) is 5.69 Å². The van der Waals surface area contributed by atoms with E-state index < -0.39 is 5.60 Å². The van der Waals surface area contributed by atoms with Gasteiger partial charge in [0, 0.05) is 30.8 Å². The van der Waals surface area contributed by atoms with Crippen molar-refractivity contribution in [1.82, 2.24) is 14.9 Å². The molecule has 1 aliphatic heterocycles. The van der Waals surface area contributed by atoms with Gasteiger partial charge >= 0.3 is 6.09 Å². The van der Waals surface area contributed by atoms with Gasteiger partial charge in [0.2, 0.25) is 0 Å². The number of amides is 1. The van der Waals surface area contributed by atoms with Crippen LogP contribution in [-0.2, 0) is 11.3 Å². The number of nitrogens with zero attached hydrogens (tertiary/aromatic N) is 3. The Morgan fingerprint density at radius 1 is 1.03 bits per heavy atom. The molecule has 0 bridgehead atoms. The molecule has 4 rings (SSSR count). The lowest BCUT2D eigenvalue weighted by atomic mass is 10.1. The zero-order chi connectivity index (χ0) is 24.0. The molecule has 0 unspecified atom stereocenters. The molecule has 1 fully saturated rings. The number of nitrogens with one attached hydrogen (secondary N) is 1. The average Bonchev–Trinajstić information content (AvgIpc) is 2.83. The number of benzene rings is 2. The topological polar surface area (TPSA) is 76.6 Å². The fraction of sp³-hybridized carbons (Fsp3) is 0.370. The maximum Gasteiger partial charge on any atom is 0.410 e. The normalized spacial score (nSPS) is 14.5. The van der Waals surface area contributed by atoms with Crippen molar-refractivity contribution >= 4 is 11.9 Å². The van der Waals surface area contributed by atoms with Gasteiger partial charge in [-0.2, -0.15) is 0 Å². The molecular weight excluding hydrogens is 428 g/mol. The van der Waals surface area contributed by atoms with E-state index in [0.717, 1.165) is 41.2 Å². The summed E-state index contributed by atoms with van der Waals surface area (Å²) in [5.74, 6) is 1.54. The van der Waals surface area contributed by atoms with Crippen LogP contribution in [-0.4, -0.2) is 45.7 Å². The molecule has 7 nitrogen and oxygen atoms in total. The molecule has 0 spiro atoms. The summed E-state index contributed by atoms with van der Waals surface area (Å²) in [4.78, 5) is 23.0. The zero-order valence-corrected chi connectivity index (χ0v) is 20.0. The minimum absolute atomic E-state index is 0.228. The van der Waals surface area contributed by atoms with Crippen molar-refractivity contribution in [2.45, 2.75) is 51.9 Å². The minimum Gasteiger partial charge on any atom is -0.488 e. The van der Waals surface area contributed by atoms with E-state index in [1.807, 2.05) is 81.4 Å². The lowest BCUT2D eigenvalue weighted by Gasteiger charge is -2.33. The Bertz CT molecular complexity index is 1090. The largest absolute Gasteiger partial charge is 0.488 e. The molecule has 34 heavy (non-hydrogen) atoms. The third-order valence-corrected chi connectivity index (χ3v) is 5.57. The van der Waals surface area contributed by atoms with Gasteiger partial charge in [-0.05, 0) is 51.3 Å². The number of ether oxygens (including phenoxy) is 2. The molecule has 0 aliphatic carbocycles. The predicted molar refractivity (Wildman–Crippen MR) is 133 cm³/mol. The number of likely N-dealkylation sites (tertiary alicyclic amines) is 1. The fourth-order valence-corrected chi connectivity index (χ4v) is 3.86. The number of carbonyl (C=O) groups excluding carboxylic acids is 1. The van der Waals surface area contributed by atoms with E-state index in [9.17, 15) is 4.79 Å². The number of rotatable bonds is 6. The summed E-state index contributed by atoms with van der Waals surface area (Å²) >= 11 is 0. The molecule has 1 saturated heterocycles. The van der Waals surface area contributed by atoms with Crippen LogP contribution in [0, 0.1) is 0 Å². The molecule has 0 atom stereocenters. The molecule has 3 aromatic rings. The summed E-state index contributed by atoms with van der Waals surface area (Å²) in [6.07, 6.45) is 2.98. The van der Waals surface area contributed by atoms with Gasteiger partial charge in [-0.25, -0.2) is 14.8 Å². The third kappa shape index (κ3) is 6.47. The standard InChI is InChI=1S/C27H32N4O3/c1-27(2,3)34-26(32)31-15-13-21(14-16-31)30-25-17-23(28-19-29-25)22-11-7-8-12-24(22)33-18-20-9-5-4-6-10-20/h4-12,17,19,21H,13-16,18H2,1-3H3,(H,28,29,30). The van der Waals surface area contributed by atoms with Crippen molar-refractivity contribution in [3.8, 4) is 17.0 Å². The molecule has 1 amide bonds. The first-order valence-corrected chi connectivity index (χ1v) is 11.7. The van der Waals surface area contributed by atoms with Crippen LogP contribution in [0.2, 0.25) is 0 Å². The Hall–Kier alpha value is -3.61. The van der Waals surface area contributed by atoms with Crippen molar-refractivity contribution in [2.75, 3.05) is 18.4 Å². The Balaban J connectivity index is 1.38. The van der Waals surface area contributed by atoms with E-state index >= 15 is 0 Å². The van der Waals surface area contributed by atoms with Crippen LogP contribution >= 0.6 is 0 Å². The first-order valence-electron chi connectivity index (χ1n) is 11.7. The molecule has 1 aliphatic rings. The van der Waals surface area contributed by atoms with Crippen molar-refractivity contribution in [3.63, 3.8) is 0 Å². The highest BCUT2D eigenvalue weighted by molar-refractivity contribution is 5.69. The number of hydrogen-bond acceptors (Lipinski definition) is 6. The Morgan fingerprint density at radius 2 is 1.74 bits per heavy atom. The average molecular weight is 461 g/mol. The maximum atomic E-state index is 12.3. The van der Waals surface area contributed by atoms with Gasteiger partial charge in [-0.15, -0.1) is 0 Å². The molecule has 1 N–H and O–H groups in total. The lowest BCUT2D eigenvalue weighted by molar-refractivity contribution is 0.0210. The van der Waals surface area contributed by atoms with E-state index in [2.05, 4.69) is 15.3 Å². The molecule has 0 radical (unpaired) electrons. The minimum atomic E-state index is -0.482. The molecule has 0 saturated carbocycles. The van der Waals surface area contributed by atoms with Crippen LogP contribution in [0.15, 0.2) is 67.0 Å². The number of hydrogen-bond donors (Lipinski definition) is 1. The van der Waals surface area contributed by atoms with E-state index in [1.165, 1.54) is 0 Å². The number of para-hydroxylation sites is 1. The summed E-state index contributed by atoms with van der Waals surface area (Å²) in [7, 11) is 0. The highest BCUT2D eigenvalue weighted by Gasteiger charge is 2.27. The van der Waals surface area contributed by atoms with Crippen molar-refractivity contribution in [1.29, 1.82) is 0 Å². The van der Waals surface area contributed by atoms with E-state index in [-0.39, 0.29) is 12.1 Å².